The van der Waals surface area contributed by atoms with E-state index in [1.165, 1.54) is 6.07 Å². The van der Waals surface area contributed by atoms with Crippen LogP contribution in [0.2, 0.25) is 5.02 Å². The average molecular weight is 572 g/mol. The summed E-state index contributed by atoms with van der Waals surface area (Å²) in [6.07, 6.45) is -0.450. The number of alkyl halides is 3. The van der Waals surface area contributed by atoms with Gasteiger partial charge in [0.2, 0.25) is 5.91 Å². The van der Waals surface area contributed by atoms with Crippen LogP contribution in [-0.2, 0) is 21.4 Å². The molecule has 5 rings (SSSR count). The van der Waals surface area contributed by atoms with Crippen LogP contribution in [0.4, 0.5) is 30.2 Å². The van der Waals surface area contributed by atoms with Crippen LogP contribution in [0, 0.1) is 11.8 Å². The molecule has 0 aromatic heterocycles. The summed E-state index contributed by atoms with van der Waals surface area (Å²) in [5, 5.41) is 10.2. The van der Waals surface area contributed by atoms with E-state index in [-0.39, 0.29) is 11.5 Å². The maximum atomic E-state index is 14.3. The van der Waals surface area contributed by atoms with Gasteiger partial charge < -0.3 is 20.7 Å². The lowest BCUT2D eigenvalue weighted by atomic mass is 9.71. The maximum Gasteiger partial charge on any atom is 0.418 e. The second-order valence-corrected chi connectivity index (χ2v) is 10.7. The molecule has 1 aliphatic carbocycles. The fraction of sp³-hybridized carbons (Fsp3) is 0.333. The molecule has 210 valence electrons. The van der Waals surface area contributed by atoms with E-state index in [0.717, 1.165) is 62.2 Å². The van der Waals surface area contributed by atoms with Crippen LogP contribution in [0.3, 0.4) is 0 Å². The van der Waals surface area contributed by atoms with Gasteiger partial charge in [-0.15, -0.1) is 0 Å². The molecular weight excluding hydrogens is 543 g/mol. The van der Waals surface area contributed by atoms with Crippen molar-refractivity contribution in [3.8, 4) is 0 Å². The SMILES string of the molecule is COC(=O)c1ccc(NC(=O)C(C2CCCCC2)C2(c3ccc(Cl)cc3)Nc3ccccc3N2)c(C(F)(F)F)c1. The molecule has 1 saturated carbocycles. The summed E-state index contributed by atoms with van der Waals surface area (Å²) < 4.78 is 47.0. The van der Waals surface area contributed by atoms with Crippen molar-refractivity contribution in [1.29, 1.82) is 0 Å². The molecule has 1 fully saturated rings. The first kappa shape index (κ1) is 27.8. The fourth-order valence-electron chi connectivity index (χ4n) is 5.92. The van der Waals surface area contributed by atoms with Crippen LogP contribution in [0.15, 0.2) is 66.7 Å². The first-order valence-electron chi connectivity index (χ1n) is 13.1. The monoisotopic (exact) mass is 571 g/mol. The number of ether oxygens (including phenoxy) is 1. The van der Waals surface area contributed by atoms with Gasteiger partial charge in [-0.05, 0) is 66.8 Å². The molecule has 2 aliphatic rings. The molecule has 10 heteroatoms. The van der Waals surface area contributed by atoms with E-state index in [1.54, 1.807) is 12.1 Å². The van der Waals surface area contributed by atoms with E-state index in [1.807, 2.05) is 36.4 Å². The smallest absolute Gasteiger partial charge is 0.418 e. The molecule has 40 heavy (non-hydrogen) atoms. The van der Waals surface area contributed by atoms with Gasteiger partial charge in [0.25, 0.3) is 0 Å². The zero-order chi connectivity index (χ0) is 28.5. The van der Waals surface area contributed by atoms with E-state index >= 15 is 0 Å². The number of fused-ring (bicyclic) bond motifs is 1. The highest BCUT2D eigenvalue weighted by atomic mass is 35.5. The summed E-state index contributed by atoms with van der Waals surface area (Å²) in [5.74, 6) is -2.39. The van der Waals surface area contributed by atoms with Crippen molar-refractivity contribution < 1.29 is 27.5 Å². The Bertz CT molecular complexity index is 1380. The standard InChI is InChI=1S/C30H29ClF3N3O3/c1-40-28(39)19-11-16-23(22(17-19)30(32,33)34)35-27(38)26(18-7-3-2-4-8-18)29(20-12-14-21(31)15-13-20)36-24-9-5-6-10-25(24)37-29/h5-6,9-18,26,36-37H,2-4,7-8H2,1H3,(H,35,38). The molecule has 0 radical (unpaired) electrons. The summed E-state index contributed by atoms with van der Waals surface area (Å²) >= 11 is 6.20. The van der Waals surface area contributed by atoms with Crippen molar-refractivity contribution in [2.45, 2.75) is 43.9 Å². The molecule has 3 N–H and O–H groups in total. The van der Waals surface area contributed by atoms with Gasteiger partial charge in [0.05, 0.1) is 41.2 Å². The zero-order valence-corrected chi connectivity index (χ0v) is 22.5. The Labute approximate surface area is 235 Å². The number of hydrogen-bond donors (Lipinski definition) is 3. The molecule has 1 unspecified atom stereocenters. The van der Waals surface area contributed by atoms with Gasteiger partial charge in [0, 0.05) is 5.02 Å². The Balaban J connectivity index is 1.61. The highest BCUT2D eigenvalue weighted by Crippen LogP contribution is 2.49. The molecule has 0 saturated heterocycles. The summed E-state index contributed by atoms with van der Waals surface area (Å²) in [7, 11) is 1.09. The molecule has 3 aromatic rings. The molecule has 1 aliphatic heterocycles. The van der Waals surface area contributed by atoms with Crippen LogP contribution in [0.5, 0.6) is 0 Å². The normalized spacial score (nSPS) is 17.2. The van der Waals surface area contributed by atoms with Crippen LogP contribution >= 0.6 is 11.6 Å². The van der Waals surface area contributed by atoms with E-state index in [4.69, 9.17) is 11.6 Å². The van der Waals surface area contributed by atoms with Gasteiger partial charge in [-0.2, -0.15) is 13.2 Å². The van der Waals surface area contributed by atoms with Crippen LogP contribution in [-0.4, -0.2) is 19.0 Å². The average Bonchev–Trinajstić information content (AvgIpc) is 3.33. The van der Waals surface area contributed by atoms with Crippen LogP contribution in [0.1, 0.15) is 53.6 Å². The minimum Gasteiger partial charge on any atom is -0.465 e. The summed E-state index contributed by atoms with van der Waals surface area (Å²) in [6.45, 7) is 0. The van der Waals surface area contributed by atoms with Crippen LogP contribution in [0.25, 0.3) is 0 Å². The maximum absolute atomic E-state index is 14.3. The number of carbonyl (C=O) groups excluding carboxylic acids is 2. The number of halogens is 4. The molecule has 1 heterocycles. The van der Waals surface area contributed by atoms with Crippen LogP contribution < -0.4 is 16.0 Å². The Morgan fingerprint density at radius 2 is 1.60 bits per heavy atom. The van der Waals surface area contributed by atoms with Crippen molar-refractivity contribution in [2.24, 2.45) is 11.8 Å². The number of amides is 1. The predicted octanol–water partition coefficient (Wildman–Crippen LogP) is 7.67. The zero-order valence-electron chi connectivity index (χ0n) is 21.8. The number of nitrogens with one attached hydrogen (secondary N) is 3. The summed E-state index contributed by atoms with van der Waals surface area (Å²) in [5.41, 5.74) is -0.659. The van der Waals surface area contributed by atoms with Gasteiger partial charge in [0.1, 0.15) is 5.66 Å². The molecule has 0 bridgehead atoms. The van der Waals surface area contributed by atoms with Gasteiger partial charge in [-0.25, -0.2) is 4.79 Å². The Kier molecular flexibility index (Phi) is 7.68. The van der Waals surface area contributed by atoms with Crippen molar-refractivity contribution in [3.63, 3.8) is 0 Å². The number of hydrogen-bond acceptors (Lipinski definition) is 5. The van der Waals surface area contributed by atoms with E-state index in [9.17, 15) is 22.8 Å². The van der Waals surface area contributed by atoms with E-state index < -0.39 is 40.9 Å². The summed E-state index contributed by atoms with van der Waals surface area (Å²) in [6, 6.07) is 17.7. The largest absolute Gasteiger partial charge is 0.465 e. The van der Waals surface area contributed by atoms with Gasteiger partial charge >= 0.3 is 12.1 Å². The quantitative estimate of drug-likeness (QED) is 0.265. The second kappa shape index (κ2) is 11.0. The molecule has 3 aromatic carbocycles. The topological polar surface area (TPSA) is 79.5 Å². The van der Waals surface area contributed by atoms with Gasteiger partial charge in [0.15, 0.2) is 0 Å². The summed E-state index contributed by atoms with van der Waals surface area (Å²) in [4.78, 5) is 26.2. The highest BCUT2D eigenvalue weighted by Gasteiger charge is 2.52. The molecule has 0 spiro atoms. The number of carbonyl (C=O) groups is 2. The number of esters is 1. The number of benzene rings is 3. The third-order valence-electron chi connectivity index (χ3n) is 7.76. The van der Waals surface area contributed by atoms with Crippen molar-refractivity contribution in [3.05, 3.63) is 88.4 Å². The lowest BCUT2D eigenvalue weighted by Gasteiger charge is -2.43. The third kappa shape index (κ3) is 5.35. The number of para-hydroxylation sites is 2. The van der Waals surface area contributed by atoms with E-state index in [2.05, 4.69) is 20.7 Å². The minimum absolute atomic E-state index is 0.123. The molecule has 6 nitrogen and oxygen atoms in total. The predicted molar refractivity (Wildman–Crippen MR) is 148 cm³/mol. The van der Waals surface area contributed by atoms with E-state index in [0.29, 0.717) is 11.1 Å². The van der Waals surface area contributed by atoms with Crippen molar-refractivity contribution in [1.82, 2.24) is 0 Å². The lowest BCUT2D eigenvalue weighted by molar-refractivity contribution is -0.137. The fourth-order valence-corrected chi connectivity index (χ4v) is 6.05. The first-order chi connectivity index (χ1) is 19.1. The number of rotatable bonds is 6. The highest BCUT2D eigenvalue weighted by molar-refractivity contribution is 6.30. The Morgan fingerprint density at radius 3 is 2.17 bits per heavy atom. The Hall–Kier alpha value is -3.72. The molecule has 1 atom stereocenters. The lowest BCUT2D eigenvalue weighted by Crippen LogP contribution is -2.54. The molecule has 1 amide bonds. The first-order valence-corrected chi connectivity index (χ1v) is 13.5. The second-order valence-electron chi connectivity index (χ2n) is 10.2. The number of anilines is 3. The van der Waals surface area contributed by atoms with Crippen molar-refractivity contribution in [2.75, 3.05) is 23.1 Å². The van der Waals surface area contributed by atoms with Crippen molar-refractivity contribution >= 4 is 40.5 Å². The Morgan fingerprint density at radius 1 is 0.975 bits per heavy atom. The minimum atomic E-state index is -4.82. The third-order valence-corrected chi connectivity index (χ3v) is 8.02. The number of methoxy groups -OCH3 is 1. The van der Waals surface area contributed by atoms with Gasteiger partial charge in [-0.3, -0.25) is 4.79 Å². The van der Waals surface area contributed by atoms with Gasteiger partial charge in [-0.1, -0.05) is 55.1 Å². The molecular formula is C30H29ClF3N3O3.